The Labute approximate surface area is 141 Å². The van der Waals surface area contributed by atoms with Gasteiger partial charge in [0.1, 0.15) is 11.8 Å². The molecule has 1 unspecified atom stereocenters. The van der Waals surface area contributed by atoms with Crippen molar-refractivity contribution in [1.29, 1.82) is 0 Å². The Morgan fingerprint density at radius 2 is 1.96 bits per heavy atom. The number of carboxylic acid groups (broad SMARTS) is 1. The molecule has 0 aliphatic rings. The lowest BCUT2D eigenvalue weighted by Gasteiger charge is -2.14. The Hall–Kier alpha value is -1.69. The van der Waals surface area contributed by atoms with Crippen molar-refractivity contribution in [3.05, 3.63) is 29.8 Å². The lowest BCUT2D eigenvalue weighted by molar-refractivity contribution is -0.142. The Kier molecular flexibility index (Phi) is 9.21. The summed E-state index contributed by atoms with van der Waals surface area (Å²) in [7, 11) is 0. The van der Waals surface area contributed by atoms with E-state index in [0.29, 0.717) is 17.9 Å². The number of amides is 1. The minimum Gasteiger partial charge on any atom is -0.484 e. The number of ether oxygens (including phenoxy) is 1. The average Bonchev–Trinajstić information content (AvgIpc) is 2.53. The highest BCUT2D eigenvalue weighted by atomic mass is 32.2. The molecule has 5 nitrogen and oxygen atoms in total. The number of nitrogens with one attached hydrogen (secondary N) is 1. The van der Waals surface area contributed by atoms with Crippen LogP contribution in [-0.4, -0.2) is 41.1 Å². The van der Waals surface area contributed by atoms with Gasteiger partial charge in [0, 0.05) is 0 Å². The Balaban J connectivity index is 2.40. The summed E-state index contributed by atoms with van der Waals surface area (Å²) in [6, 6.07) is 6.73. The molecule has 1 atom stereocenters. The number of rotatable bonds is 11. The number of hydrogen-bond acceptors (Lipinski definition) is 4. The zero-order chi connectivity index (χ0) is 17.1. The van der Waals surface area contributed by atoms with E-state index in [1.807, 2.05) is 31.2 Å². The van der Waals surface area contributed by atoms with Crippen molar-refractivity contribution in [3.8, 4) is 5.75 Å². The monoisotopic (exact) mass is 339 g/mol. The first-order valence-electron chi connectivity index (χ1n) is 7.88. The predicted octanol–water partition coefficient (Wildman–Crippen LogP) is 2.73. The summed E-state index contributed by atoms with van der Waals surface area (Å²) >= 11 is 1.65. The van der Waals surface area contributed by atoms with Gasteiger partial charge in [-0.15, -0.1) is 0 Å². The zero-order valence-electron chi connectivity index (χ0n) is 13.7. The molecule has 23 heavy (non-hydrogen) atoms. The minimum absolute atomic E-state index is 0.183. The van der Waals surface area contributed by atoms with Gasteiger partial charge >= 0.3 is 5.97 Å². The Bertz CT molecular complexity index is 490. The fourth-order valence-electron chi connectivity index (χ4n) is 2.03. The molecule has 128 valence electrons. The molecule has 1 amide bonds. The minimum atomic E-state index is -1.01. The SMILES string of the molecule is CCCc1ccc(OCC(=O)NC(CCSCC)C(=O)O)cc1. The summed E-state index contributed by atoms with van der Waals surface area (Å²) < 4.78 is 5.40. The summed E-state index contributed by atoms with van der Waals surface area (Å²) in [5, 5.41) is 11.6. The molecule has 0 aromatic heterocycles. The molecule has 0 spiro atoms. The number of aliphatic carboxylic acids is 1. The second kappa shape index (κ2) is 10.9. The van der Waals surface area contributed by atoms with E-state index in [9.17, 15) is 9.59 Å². The van der Waals surface area contributed by atoms with Crippen molar-refractivity contribution in [3.63, 3.8) is 0 Å². The molecule has 1 aromatic carbocycles. The topological polar surface area (TPSA) is 75.6 Å². The molecule has 0 fully saturated rings. The van der Waals surface area contributed by atoms with Crippen LogP contribution in [-0.2, 0) is 16.0 Å². The van der Waals surface area contributed by atoms with Gasteiger partial charge in [-0.1, -0.05) is 32.4 Å². The fourth-order valence-corrected chi connectivity index (χ4v) is 2.72. The predicted molar refractivity (Wildman–Crippen MR) is 93.1 cm³/mol. The zero-order valence-corrected chi connectivity index (χ0v) is 14.5. The van der Waals surface area contributed by atoms with Crippen molar-refractivity contribution in [2.24, 2.45) is 0 Å². The molecular weight excluding hydrogens is 314 g/mol. The number of aryl methyl sites for hydroxylation is 1. The third kappa shape index (κ3) is 7.93. The van der Waals surface area contributed by atoms with Gasteiger partial charge in [-0.25, -0.2) is 4.79 Å². The summed E-state index contributed by atoms with van der Waals surface area (Å²) in [5.41, 5.74) is 1.23. The van der Waals surface area contributed by atoms with E-state index in [1.165, 1.54) is 5.56 Å². The van der Waals surface area contributed by atoms with E-state index < -0.39 is 17.9 Å². The van der Waals surface area contributed by atoms with Gasteiger partial charge in [0.05, 0.1) is 0 Å². The largest absolute Gasteiger partial charge is 0.484 e. The number of thioether (sulfide) groups is 1. The quantitative estimate of drug-likeness (QED) is 0.606. The Morgan fingerprint density at radius 1 is 1.26 bits per heavy atom. The highest BCUT2D eigenvalue weighted by Gasteiger charge is 2.19. The molecule has 0 saturated carbocycles. The summed E-state index contributed by atoms with van der Waals surface area (Å²) in [6.45, 7) is 3.95. The maximum atomic E-state index is 11.8. The van der Waals surface area contributed by atoms with Gasteiger partial charge in [0.2, 0.25) is 0 Å². The standard InChI is InChI=1S/C17H25NO4S/c1-3-5-13-6-8-14(9-7-13)22-12-16(19)18-15(17(20)21)10-11-23-4-2/h6-9,15H,3-5,10-12H2,1-2H3,(H,18,19)(H,20,21). The third-order valence-electron chi connectivity index (χ3n) is 3.22. The first-order valence-corrected chi connectivity index (χ1v) is 9.03. The molecule has 6 heteroatoms. The number of benzene rings is 1. The molecule has 0 aliphatic heterocycles. The maximum absolute atomic E-state index is 11.8. The molecule has 0 saturated heterocycles. The molecule has 0 radical (unpaired) electrons. The number of carbonyl (C=O) groups is 2. The lowest BCUT2D eigenvalue weighted by Crippen LogP contribution is -2.43. The van der Waals surface area contributed by atoms with Crippen molar-refractivity contribution >= 4 is 23.6 Å². The van der Waals surface area contributed by atoms with E-state index in [2.05, 4.69) is 12.2 Å². The average molecular weight is 339 g/mol. The van der Waals surface area contributed by atoms with E-state index in [4.69, 9.17) is 9.84 Å². The summed E-state index contributed by atoms with van der Waals surface area (Å²) in [6.07, 6.45) is 2.50. The van der Waals surface area contributed by atoms with Crippen LogP contribution in [0.15, 0.2) is 24.3 Å². The fraction of sp³-hybridized carbons (Fsp3) is 0.529. The molecular formula is C17H25NO4S. The second-order valence-electron chi connectivity index (χ2n) is 5.13. The van der Waals surface area contributed by atoms with E-state index in [1.54, 1.807) is 11.8 Å². The van der Waals surface area contributed by atoms with Crippen molar-refractivity contribution in [1.82, 2.24) is 5.32 Å². The van der Waals surface area contributed by atoms with E-state index >= 15 is 0 Å². The summed E-state index contributed by atoms with van der Waals surface area (Å²) in [5.74, 6) is 0.800. The van der Waals surface area contributed by atoms with Crippen molar-refractivity contribution < 1.29 is 19.4 Å². The Morgan fingerprint density at radius 3 is 2.52 bits per heavy atom. The van der Waals surface area contributed by atoms with Gasteiger partial charge in [-0.2, -0.15) is 11.8 Å². The van der Waals surface area contributed by atoms with E-state index in [-0.39, 0.29) is 6.61 Å². The van der Waals surface area contributed by atoms with Crippen LogP contribution in [0, 0.1) is 0 Å². The van der Waals surface area contributed by atoms with Crippen LogP contribution in [0.3, 0.4) is 0 Å². The van der Waals surface area contributed by atoms with Crippen LogP contribution in [0.25, 0.3) is 0 Å². The van der Waals surface area contributed by atoms with Crippen molar-refractivity contribution in [2.45, 2.75) is 39.2 Å². The highest BCUT2D eigenvalue weighted by Crippen LogP contribution is 2.13. The third-order valence-corrected chi connectivity index (χ3v) is 4.15. The van der Waals surface area contributed by atoms with Crippen LogP contribution >= 0.6 is 11.8 Å². The van der Waals surface area contributed by atoms with Crippen LogP contribution in [0.4, 0.5) is 0 Å². The van der Waals surface area contributed by atoms with Gasteiger partial charge in [-0.3, -0.25) is 4.79 Å². The van der Waals surface area contributed by atoms with Crippen LogP contribution in [0.1, 0.15) is 32.3 Å². The van der Waals surface area contributed by atoms with Gasteiger partial charge < -0.3 is 15.2 Å². The van der Waals surface area contributed by atoms with Crippen LogP contribution < -0.4 is 10.1 Å². The number of carboxylic acids is 1. The van der Waals surface area contributed by atoms with Crippen LogP contribution in [0.5, 0.6) is 5.75 Å². The highest BCUT2D eigenvalue weighted by molar-refractivity contribution is 7.99. The molecule has 1 rings (SSSR count). The lowest BCUT2D eigenvalue weighted by atomic mass is 10.1. The molecule has 1 aromatic rings. The maximum Gasteiger partial charge on any atom is 0.326 e. The number of hydrogen-bond donors (Lipinski definition) is 2. The van der Waals surface area contributed by atoms with Gasteiger partial charge in [-0.05, 0) is 42.0 Å². The molecule has 0 bridgehead atoms. The van der Waals surface area contributed by atoms with Crippen molar-refractivity contribution in [2.75, 3.05) is 18.1 Å². The smallest absolute Gasteiger partial charge is 0.326 e. The second-order valence-corrected chi connectivity index (χ2v) is 6.52. The normalized spacial score (nSPS) is 11.7. The first kappa shape index (κ1) is 19.4. The van der Waals surface area contributed by atoms with Gasteiger partial charge in [0.25, 0.3) is 5.91 Å². The molecule has 0 heterocycles. The van der Waals surface area contributed by atoms with E-state index in [0.717, 1.165) is 18.6 Å². The summed E-state index contributed by atoms with van der Waals surface area (Å²) in [4.78, 5) is 23.0. The number of carbonyl (C=O) groups excluding carboxylic acids is 1. The van der Waals surface area contributed by atoms with Gasteiger partial charge in [0.15, 0.2) is 6.61 Å². The molecule has 0 aliphatic carbocycles. The first-order chi connectivity index (χ1) is 11.1. The van der Waals surface area contributed by atoms with Crippen LogP contribution in [0.2, 0.25) is 0 Å². The molecule has 2 N–H and O–H groups in total.